The molecular weight excluding hydrogens is 503 g/mol. The molecule has 3 atom stereocenters. The van der Waals surface area contributed by atoms with Crippen molar-refractivity contribution in [1.82, 2.24) is 4.90 Å². The van der Waals surface area contributed by atoms with Crippen LogP contribution in [0, 0.1) is 5.82 Å². The Morgan fingerprint density at radius 3 is 2.53 bits per heavy atom. The summed E-state index contributed by atoms with van der Waals surface area (Å²) in [6.45, 7) is 6.45. The van der Waals surface area contributed by atoms with Crippen LogP contribution < -0.4 is 9.64 Å². The summed E-state index contributed by atoms with van der Waals surface area (Å²) in [7, 11) is 0. The van der Waals surface area contributed by atoms with Gasteiger partial charge in [-0.25, -0.2) is 4.39 Å². The molecule has 0 bridgehead atoms. The van der Waals surface area contributed by atoms with Crippen molar-refractivity contribution in [3.8, 4) is 5.75 Å². The van der Waals surface area contributed by atoms with Gasteiger partial charge in [-0.15, -0.1) is 0 Å². The van der Waals surface area contributed by atoms with Crippen LogP contribution in [0.25, 0.3) is 0 Å². The van der Waals surface area contributed by atoms with Gasteiger partial charge in [-0.1, -0.05) is 54.1 Å². The lowest BCUT2D eigenvalue weighted by molar-refractivity contribution is -0.165. The van der Waals surface area contributed by atoms with Crippen LogP contribution in [-0.2, 0) is 16.0 Å². The Labute approximate surface area is 230 Å². The fourth-order valence-electron chi connectivity index (χ4n) is 5.47. The van der Waals surface area contributed by atoms with Gasteiger partial charge in [-0.05, 0) is 61.6 Å². The molecule has 0 spiro atoms. The van der Waals surface area contributed by atoms with E-state index in [0.717, 1.165) is 56.8 Å². The first-order valence-corrected chi connectivity index (χ1v) is 13.9. The minimum atomic E-state index is -0.233. The predicted octanol–water partition coefficient (Wildman–Crippen LogP) is 6.85. The summed E-state index contributed by atoms with van der Waals surface area (Å²) in [5, 5.41) is 0.634. The van der Waals surface area contributed by atoms with E-state index in [4.69, 9.17) is 25.8 Å². The summed E-state index contributed by atoms with van der Waals surface area (Å²) in [4.78, 5) is 4.83. The number of hydrogen-bond donors (Lipinski definition) is 0. The molecular formula is C31H36ClFN2O3. The monoisotopic (exact) mass is 538 g/mol. The first-order chi connectivity index (χ1) is 18.6. The number of rotatable bonds is 9. The molecule has 0 aliphatic carbocycles. The topological polar surface area (TPSA) is 34.2 Å². The number of hydrogen-bond acceptors (Lipinski definition) is 5. The second kappa shape index (κ2) is 12.9. The van der Waals surface area contributed by atoms with Gasteiger partial charge in [0.05, 0.1) is 23.4 Å². The van der Waals surface area contributed by atoms with Crippen LogP contribution in [0.15, 0.2) is 72.8 Å². The van der Waals surface area contributed by atoms with Crippen molar-refractivity contribution < 1.29 is 18.6 Å². The molecule has 2 heterocycles. The average molecular weight is 539 g/mol. The fraction of sp³-hybridized carbons (Fsp3) is 0.419. The lowest BCUT2D eigenvalue weighted by Crippen LogP contribution is -2.53. The Hall–Kier alpha value is -2.64. The third-order valence-corrected chi connectivity index (χ3v) is 7.56. The molecule has 3 aromatic carbocycles. The zero-order valence-electron chi connectivity index (χ0n) is 21.9. The molecule has 3 aromatic rings. The summed E-state index contributed by atoms with van der Waals surface area (Å²) in [6, 6.07) is 23.4. The highest BCUT2D eigenvalue weighted by Crippen LogP contribution is 2.39. The van der Waals surface area contributed by atoms with E-state index in [1.165, 1.54) is 17.7 Å². The minimum absolute atomic E-state index is 0.0243. The molecule has 3 unspecified atom stereocenters. The van der Waals surface area contributed by atoms with Gasteiger partial charge in [0.2, 0.25) is 0 Å². The highest BCUT2D eigenvalue weighted by atomic mass is 35.5. The molecule has 0 aromatic heterocycles. The first-order valence-electron chi connectivity index (χ1n) is 13.5. The first kappa shape index (κ1) is 26.9. The second-order valence-corrected chi connectivity index (χ2v) is 10.5. The number of anilines is 1. The number of benzene rings is 3. The third kappa shape index (κ3) is 6.86. The van der Waals surface area contributed by atoms with E-state index in [0.29, 0.717) is 24.0 Å². The van der Waals surface area contributed by atoms with E-state index in [-0.39, 0.29) is 24.2 Å². The largest absolute Gasteiger partial charge is 0.491 e. The molecule has 202 valence electrons. The van der Waals surface area contributed by atoms with E-state index in [1.54, 1.807) is 0 Å². The van der Waals surface area contributed by atoms with Crippen molar-refractivity contribution in [1.29, 1.82) is 0 Å². The molecule has 5 rings (SSSR count). The normalized spacial score (nSPS) is 22.4. The molecule has 2 fully saturated rings. The highest BCUT2D eigenvalue weighted by molar-refractivity contribution is 6.33. The standard InChI is InChI=1S/C31H36ClFN2O3/c1-23-20-34(21-24-7-3-2-4-8-24)22-30(25-10-12-26(33)13-11-25)35(23)29-15-14-27(19-28(29)32)36-17-18-38-31-9-5-6-16-37-31/h2-4,7-8,10-15,19,23,30-31H,5-6,9,16-18,20-22H2,1H3. The Kier molecular flexibility index (Phi) is 9.18. The number of piperazine rings is 1. The number of ether oxygens (including phenoxy) is 3. The lowest BCUT2D eigenvalue weighted by atomic mass is 9.97. The van der Waals surface area contributed by atoms with Crippen molar-refractivity contribution in [2.75, 3.05) is 37.8 Å². The summed E-state index contributed by atoms with van der Waals surface area (Å²) < 4.78 is 31.1. The fourth-order valence-corrected chi connectivity index (χ4v) is 5.74. The number of nitrogens with zero attached hydrogens (tertiary/aromatic N) is 2. The van der Waals surface area contributed by atoms with E-state index >= 15 is 0 Å². The van der Waals surface area contributed by atoms with Crippen molar-refractivity contribution in [2.24, 2.45) is 0 Å². The van der Waals surface area contributed by atoms with Crippen LogP contribution in [0.2, 0.25) is 5.02 Å². The van der Waals surface area contributed by atoms with Crippen LogP contribution in [-0.4, -0.2) is 50.1 Å². The van der Waals surface area contributed by atoms with Crippen LogP contribution in [0.1, 0.15) is 43.4 Å². The molecule has 0 N–H and O–H groups in total. The van der Waals surface area contributed by atoms with E-state index < -0.39 is 0 Å². The van der Waals surface area contributed by atoms with Crippen molar-refractivity contribution in [3.05, 3.63) is 94.8 Å². The van der Waals surface area contributed by atoms with E-state index in [1.807, 2.05) is 36.4 Å². The smallest absolute Gasteiger partial charge is 0.157 e. The SMILES string of the molecule is CC1CN(Cc2ccccc2)CC(c2ccc(F)cc2)N1c1ccc(OCCOC2CCCCO2)cc1Cl. The van der Waals surface area contributed by atoms with Crippen molar-refractivity contribution in [3.63, 3.8) is 0 Å². The quantitative estimate of drug-likeness (QED) is 0.278. The Morgan fingerprint density at radius 1 is 0.974 bits per heavy atom. The van der Waals surface area contributed by atoms with Crippen molar-refractivity contribution in [2.45, 2.75) is 51.1 Å². The summed E-state index contributed by atoms with van der Waals surface area (Å²) in [5.41, 5.74) is 3.30. The van der Waals surface area contributed by atoms with Crippen molar-refractivity contribution >= 4 is 17.3 Å². The Bertz CT molecular complexity index is 1160. The molecule has 0 radical (unpaired) electrons. The second-order valence-electron chi connectivity index (χ2n) is 10.1. The Morgan fingerprint density at radius 2 is 1.79 bits per heavy atom. The molecule has 0 amide bonds. The predicted molar refractivity (Wildman–Crippen MR) is 149 cm³/mol. The summed E-state index contributed by atoms with van der Waals surface area (Å²) in [6.07, 6.45) is 3.06. The zero-order chi connectivity index (χ0) is 26.3. The summed E-state index contributed by atoms with van der Waals surface area (Å²) >= 11 is 6.86. The van der Waals surface area contributed by atoms with Gasteiger partial charge >= 0.3 is 0 Å². The summed E-state index contributed by atoms with van der Waals surface area (Å²) in [5.74, 6) is 0.476. The van der Waals surface area contributed by atoms with E-state index in [2.05, 4.69) is 41.0 Å². The van der Waals surface area contributed by atoms with E-state index in [9.17, 15) is 4.39 Å². The van der Waals surface area contributed by atoms with Gasteiger partial charge in [0.25, 0.3) is 0 Å². The minimum Gasteiger partial charge on any atom is -0.491 e. The van der Waals surface area contributed by atoms with Gasteiger partial charge in [-0.2, -0.15) is 0 Å². The van der Waals surface area contributed by atoms with Crippen LogP contribution in [0.5, 0.6) is 5.75 Å². The average Bonchev–Trinajstić information content (AvgIpc) is 2.93. The molecule has 2 saturated heterocycles. The number of halogens is 2. The molecule has 7 heteroatoms. The van der Waals surface area contributed by atoms with Crippen LogP contribution >= 0.6 is 11.6 Å². The maximum atomic E-state index is 13.8. The lowest BCUT2D eigenvalue weighted by Gasteiger charge is -2.47. The Balaban J connectivity index is 1.29. The molecule has 5 nitrogen and oxygen atoms in total. The van der Waals surface area contributed by atoms with Crippen LogP contribution in [0.4, 0.5) is 10.1 Å². The molecule has 0 saturated carbocycles. The maximum absolute atomic E-state index is 13.8. The van der Waals surface area contributed by atoms with Gasteiger partial charge in [0.15, 0.2) is 6.29 Å². The van der Waals surface area contributed by atoms with Crippen LogP contribution in [0.3, 0.4) is 0 Å². The third-order valence-electron chi connectivity index (χ3n) is 7.26. The zero-order valence-corrected chi connectivity index (χ0v) is 22.7. The van der Waals surface area contributed by atoms with Gasteiger partial charge in [0.1, 0.15) is 18.2 Å². The van der Waals surface area contributed by atoms with Gasteiger partial charge < -0.3 is 19.1 Å². The highest BCUT2D eigenvalue weighted by Gasteiger charge is 2.34. The van der Waals surface area contributed by atoms with Gasteiger partial charge in [-0.3, -0.25) is 4.90 Å². The molecule has 2 aliphatic rings. The molecule has 2 aliphatic heterocycles. The van der Waals surface area contributed by atoms with Gasteiger partial charge in [0, 0.05) is 38.3 Å². The maximum Gasteiger partial charge on any atom is 0.157 e. The molecule has 38 heavy (non-hydrogen) atoms.